The van der Waals surface area contributed by atoms with Gasteiger partial charge in [0.15, 0.2) is 0 Å². The summed E-state index contributed by atoms with van der Waals surface area (Å²) in [5, 5.41) is 3.57. The van der Waals surface area contributed by atoms with Gasteiger partial charge in [0.1, 0.15) is 12.0 Å². The summed E-state index contributed by atoms with van der Waals surface area (Å²) in [5.41, 5.74) is 2.86. The number of amides is 1. The number of carbonyl (C=O) groups is 1. The fourth-order valence-electron chi connectivity index (χ4n) is 2.38. The van der Waals surface area contributed by atoms with Crippen LogP contribution in [0.25, 0.3) is 11.3 Å². The van der Waals surface area contributed by atoms with Crippen molar-refractivity contribution in [3.8, 4) is 11.3 Å². The van der Waals surface area contributed by atoms with Crippen molar-refractivity contribution >= 4 is 17.5 Å². The SMILES string of the molecule is C[C@@H](NC(=O)c1cc(-c2cccc(Cl)c2)ncn1)c1ccccc1. The molecule has 1 amide bonds. The third-order valence-corrected chi connectivity index (χ3v) is 3.90. The molecule has 120 valence electrons. The predicted octanol–water partition coefficient (Wildman–Crippen LogP) is 4.29. The van der Waals surface area contributed by atoms with Crippen molar-refractivity contribution in [2.24, 2.45) is 0 Å². The second-order valence-corrected chi connectivity index (χ2v) is 5.84. The fourth-order valence-corrected chi connectivity index (χ4v) is 2.57. The van der Waals surface area contributed by atoms with E-state index >= 15 is 0 Å². The number of carbonyl (C=O) groups excluding carboxylic acids is 1. The van der Waals surface area contributed by atoms with Crippen LogP contribution >= 0.6 is 11.6 Å². The smallest absolute Gasteiger partial charge is 0.270 e. The van der Waals surface area contributed by atoms with Crippen LogP contribution in [0.5, 0.6) is 0 Å². The molecule has 1 aromatic heterocycles. The number of halogens is 1. The number of nitrogens with zero attached hydrogens (tertiary/aromatic N) is 2. The van der Waals surface area contributed by atoms with Crippen LogP contribution in [0.4, 0.5) is 0 Å². The van der Waals surface area contributed by atoms with Crippen LogP contribution in [-0.4, -0.2) is 15.9 Å². The lowest BCUT2D eigenvalue weighted by Gasteiger charge is -2.14. The molecular formula is C19H16ClN3O. The van der Waals surface area contributed by atoms with Crippen molar-refractivity contribution in [3.63, 3.8) is 0 Å². The molecule has 0 radical (unpaired) electrons. The molecule has 0 saturated heterocycles. The molecule has 0 aliphatic carbocycles. The summed E-state index contributed by atoms with van der Waals surface area (Å²) < 4.78 is 0. The highest BCUT2D eigenvalue weighted by atomic mass is 35.5. The lowest BCUT2D eigenvalue weighted by atomic mass is 10.1. The first kappa shape index (κ1) is 16.1. The van der Waals surface area contributed by atoms with Gasteiger partial charge in [-0.25, -0.2) is 9.97 Å². The molecule has 3 aromatic rings. The van der Waals surface area contributed by atoms with Crippen molar-refractivity contribution in [3.05, 3.63) is 83.3 Å². The summed E-state index contributed by atoms with van der Waals surface area (Å²) >= 11 is 6.01. The first-order valence-electron chi connectivity index (χ1n) is 7.57. The van der Waals surface area contributed by atoms with Crippen molar-refractivity contribution in [1.82, 2.24) is 15.3 Å². The van der Waals surface area contributed by atoms with Crippen molar-refractivity contribution in [1.29, 1.82) is 0 Å². The Labute approximate surface area is 145 Å². The van der Waals surface area contributed by atoms with Crippen molar-refractivity contribution in [2.45, 2.75) is 13.0 Å². The number of hydrogen-bond acceptors (Lipinski definition) is 3. The van der Waals surface area contributed by atoms with E-state index in [1.54, 1.807) is 18.2 Å². The van der Waals surface area contributed by atoms with Gasteiger partial charge in [0.25, 0.3) is 5.91 Å². The molecule has 4 nitrogen and oxygen atoms in total. The Morgan fingerprint density at radius 2 is 1.83 bits per heavy atom. The molecule has 1 N–H and O–H groups in total. The number of hydrogen-bond donors (Lipinski definition) is 1. The third kappa shape index (κ3) is 3.78. The maximum Gasteiger partial charge on any atom is 0.270 e. The average molecular weight is 338 g/mol. The highest BCUT2D eigenvalue weighted by molar-refractivity contribution is 6.30. The number of aromatic nitrogens is 2. The van der Waals surface area contributed by atoms with Crippen molar-refractivity contribution < 1.29 is 4.79 Å². The first-order chi connectivity index (χ1) is 11.6. The van der Waals surface area contributed by atoms with Crippen LogP contribution in [0.15, 0.2) is 67.0 Å². The summed E-state index contributed by atoms with van der Waals surface area (Å²) in [7, 11) is 0. The molecular weight excluding hydrogens is 322 g/mol. The van der Waals surface area contributed by atoms with E-state index in [2.05, 4.69) is 15.3 Å². The highest BCUT2D eigenvalue weighted by Gasteiger charge is 2.13. The van der Waals surface area contributed by atoms with Gasteiger partial charge in [0, 0.05) is 10.6 Å². The molecule has 0 bridgehead atoms. The molecule has 0 aliphatic rings. The van der Waals surface area contributed by atoms with Gasteiger partial charge in [0.2, 0.25) is 0 Å². The van der Waals surface area contributed by atoms with Gasteiger partial charge in [-0.05, 0) is 30.7 Å². The zero-order chi connectivity index (χ0) is 16.9. The molecule has 2 aromatic carbocycles. The van der Waals surface area contributed by atoms with E-state index in [0.717, 1.165) is 11.1 Å². The van der Waals surface area contributed by atoms with Crippen LogP contribution in [0.2, 0.25) is 5.02 Å². The Morgan fingerprint density at radius 1 is 1.04 bits per heavy atom. The minimum Gasteiger partial charge on any atom is -0.344 e. The van der Waals surface area contributed by atoms with E-state index in [4.69, 9.17) is 11.6 Å². The van der Waals surface area contributed by atoms with Crippen molar-refractivity contribution in [2.75, 3.05) is 0 Å². The number of rotatable bonds is 4. The summed E-state index contributed by atoms with van der Waals surface area (Å²) in [6.45, 7) is 1.94. The zero-order valence-electron chi connectivity index (χ0n) is 13.1. The number of nitrogens with one attached hydrogen (secondary N) is 1. The zero-order valence-corrected chi connectivity index (χ0v) is 13.9. The van der Waals surface area contributed by atoms with Gasteiger partial charge < -0.3 is 5.32 Å². The molecule has 0 fully saturated rings. The van der Waals surface area contributed by atoms with Gasteiger partial charge in [-0.2, -0.15) is 0 Å². The normalized spacial score (nSPS) is 11.8. The predicted molar refractivity (Wildman–Crippen MR) is 94.8 cm³/mol. The standard InChI is InChI=1S/C19H16ClN3O/c1-13(14-6-3-2-4-7-14)23-19(24)18-11-17(21-12-22-18)15-8-5-9-16(20)10-15/h2-13H,1H3,(H,23,24)/t13-/m1/s1. The summed E-state index contributed by atoms with van der Waals surface area (Å²) in [6, 6.07) is 18.7. The molecule has 1 atom stereocenters. The van der Waals surface area contributed by atoms with Gasteiger partial charge in [0.05, 0.1) is 11.7 Å². The topological polar surface area (TPSA) is 54.9 Å². The van der Waals surface area contributed by atoms with Crippen LogP contribution in [0.1, 0.15) is 29.0 Å². The Bertz CT molecular complexity index is 852. The van der Waals surface area contributed by atoms with E-state index in [0.29, 0.717) is 16.4 Å². The van der Waals surface area contributed by atoms with E-state index in [1.165, 1.54) is 6.33 Å². The molecule has 1 heterocycles. The second kappa shape index (κ2) is 7.23. The van der Waals surface area contributed by atoms with Gasteiger partial charge in [-0.3, -0.25) is 4.79 Å². The monoisotopic (exact) mass is 337 g/mol. The van der Waals surface area contributed by atoms with Crippen LogP contribution < -0.4 is 5.32 Å². The van der Waals surface area contributed by atoms with Gasteiger partial charge in [-0.15, -0.1) is 0 Å². The quantitative estimate of drug-likeness (QED) is 0.772. The fraction of sp³-hybridized carbons (Fsp3) is 0.105. The summed E-state index contributed by atoms with van der Waals surface area (Å²) in [4.78, 5) is 20.7. The third-order valence-electron chi connectivity index (χ3n) is 3.67. The lowest BCUT2D eigenvalue weighted by Crippen LogP contribution is -2.27. The lowest BCUT2D eigenvalue weighted by molar-refractivity contribution is 0.0934. The second-order valence-electron chi connectivity index (χ2n) is 5.40. The Balaban J connectivity index is 1.80. The van der Waals surface area contributed by atoms with Crippen LogP contribution in [0, 0.1) is 0 Å². The maximum absolute atomic E-state index is 12.5. The molecule has 0 aliphatic heterocycles. The van der Waals surface area contributed by atoms with E-state index in [9.17, 15) is 4.79 Å². The maximum atomic E-state index is 12.5. The van der Waals surface area contributed by atoms with Gasteiger partial charge in [-0.1, -0.05) is 54.1 Å². The molecule has 5 heteroatoms. The molecule has 0 unspecified atom stereocenters. The number of benzene rings is 2. The van der Waals surface area contributed by atoms with Crippen LogP contribution in [-0.2, 0) is 0 Å². The molecule has 24 heavy (non-hydrogen) atoms. The molecule has 0 spiro atoms. The summed E-state index contributed by atoms with van der Waals surface area (Å²) in [6.07, 6.45) is 1.39. The summed E-state index contributed by atoms with van der Waals surface area (Å²) in [5.74, 6) is -0.239. The average Bonchev–Trinajstić information content (AvgIpc) is 2.62. The Kier molecular flexibility index (Phi) is 4.87. The Morgan fingerprint density at radius 3 is 2.58 bits per heavy atom. The van der Waals surface area contributed by atoms with E-state index < -0.39 is 0 Å². The largest absolute Gasteiger partial charge is 0.344 e. The van der Waals surface area contributed by atoms with Crippen LogP contribution in [0.3, 0.4) is 0 Å². The molecule has 3 rings (SSSR count). The highest BCUT2D eigenvalue weighted by Crippen LogP contribution is 2.21. The minimum atomic E-state index is -0.239. The Hall–Kier alpha value is -2.72. The van der Waals surface area contributed by atoms with Gasteiger partial charge >= 0.3 is 0 Å². The minimum absolute atomic E-state index is 0.108. The van der Waals surface area contributed by atoms with E-state index in [-0.39, 0.29) is 11.9 Å². The first-order valence-corrected chi connectivity index (χ1v) is 7.95. The van der Waals surface area contributed by atoms with E-state index in [1.807, 2.05) is 49.4 Å². The molecule has 0 saturated carbocycles.